The lowest BCUT2D eigenvalue weighted by Crippen LogP contribution is -2.37. The first-order valence-electron chi connectivity index (χ1n) is 7.68. The largest absolute Gasteiger partial charge is 0.481 e. The number of rotatable bonds is 5. The van der Waals surface area contributed by atoms with E-state index in [0.717, 1.165) is 16.8 Å². The number of pyridine rings is 1. The van der Waals surface area contributed by atoms with E-state index in [9.17, 15) is 9.59 Å². The number of aromatic amines is 1. The number of amides is 1. The second-order valence-corrected chi connectivity index (χ2v) is 6.27. The lowest BCUT2D eigenvalue weighted by molar-refractivity contribution is -0.127. The summed E-state index contributed by atoms with van der Waals surface area (Å²) in [4.78, 5) is 26.9. The summed E-state index contributed by atoms with van der Waals surface area (Å²) in [5, 5.41) is 3.36. The fourth-order valence-electron chi connectivity index (χ4n) is 2.41. The number of halogens is 1. The van der Waals surface area contributed by atoms with Crippen LogP contribution in [-0.2, 0) is 11.3 Å². The van der Waals surface area contributed by atoms with Gasteiger partial charge in [-0.25, -0.2) is 0 Å². The third-order valence-electron chi connectivity index (χ3n) is 3.74. The lowest BCUT2D eigenvalue weighted by Gasteiger charge is -2.16. The molecule has 0 saturated heterocycles. The molecule has 1 unspecified atom stereocenters. The van der Waals surface area contributed by atoms with E-state index < -0.39 is 6.10 Å². The Hall–Kier alpha value is -2.27. The van der Waals surface area contributed by atoms with Crippen molar-refractivity contribution in [3.63, 3.8) is 0 Å². The molecule has 1 atom stereocenters. The monoisotopic (exact) mass is 348 g/mol. The van der Waals surface area contributed by atoms with Crippen molar-refractivity contribution in [1.29, 1.82) is 0 Å². The third kappa shape index (κ3) is 4.38. The maximum absolute atomic E-state index is 12.2. The molecule has 0 radical (unpaired) electrons. The van der Waals surface area contributed by atoms with Crippen LogP contribution in [0.4, 0.5) is 0 Å². The van der Waals surface area contributed by atoms with Gasteiger partial charge in [-0.05, 0) is 63.1 Å². The number of aromatic nitrogens is 1. The van der Waals surface area contributed by atoms with Crippen molar-refractivity contribution in [1.82, 2.24) is 10.3 Å². The number of carbonyl (C=O) groups excluding carboxylic acids is 1. The molecule has 0 aliphatic rings. The van der Waals surface area contributed by atoms with E-state index >= 15 is 0 Å². The van der Waals surface area contributed by atoms with Crippen LogP contribution in [-0.4, -0.2) is 17.0 Å². The van der Waals surface area contributed by atoms with Crippen molar-refractivity contribution in [3.05, 3.63) is 62.0 Å². The van der Waals surface area contributed by atoms with Crippen LogP contribution in [0.5, 0.6) is 5.75 Å². The second kappa shape index (κ2) is 7.53. The van der Waals surface area contributed by atoms with Gasteiger partial charge in [-0.15, -0.1) is 0 Å². The zero-order valence-corrected chi connectivity index (χ0v) is 15.0. The molecular formula is C18H21ClN2O3. The Labute approximate surface area is 146 Å². The summed E-state index contributed by atoms with van der Waals surface area (Å²) in [7, 11) is 0. The van der Waals surface area contributed by atoms with E-state index in [-0.39, 0.29) is 18.0 Å². The zero-order valence-electron chi connectivity index (χ0n) is 14.2. The predicted molar refractivity (Wildman–Crippen MR) is 94.7 cm³/mol. The number of benzene rings is 1. The van der Waals surface area contributed by atoms with Gasteiger partial charge in [-0.3, -0.25) is 9.59 Å². The van der Waals surface area contributed by atoms with Gasteiger partial charge in [0.1, 0.15) is 5.75 Å². The first-order valence-corrected chi connectivity index (χ1v) is 8.05. The minimum absolute atomic E-state index is 0.160. The number of ether oxygens (including phenoxy) is 1. The molecule has 5 nitrogen and oxygen atoms in total. The summed E-state index contributed by atoms with van der Waals surface area (Å²) < 4.78 is 5.67. The van der Waals surface area contributed by atoms with Crippen LogP contribution < -0.4 is 15.6 Å². The van der Waals surface area contributed by atoms with Crippen molar-refractivity contribution in [3.8, 4) is 5.75 Å². The molecule has 1 aromatic heterocycles. The Morgan fingerprint density at radius 2 is 1.96 bits per heavy atom. The Balaban J connectivity index is 2.01. The first-order chi connectivity index (χ1) is 11.3. The van der Waals surface area contributed by atoms with Gasteiger partial charge in [0.2, 0.25) is 0 Å². The highest BCUT2D eigenvalue weighted by Crippen LogP contribution is 2.22. The molecule has 2 rings (SSSR count). The molecule has 0 fully saturated rings. The van der Waals surface area contributed by atoms with E-state index in [1.165, 1.54) is 0 Å². The maximum atomic E-state index is 12.2. The van der Waals surface area contributed by atoms with Crippen molar-refractivity contribution < 1.29 is 9.53 Å². The Bertz CT molecular complexity index is 814. The summed E-state index contributed by atoms with van der Waals surface area (Å²) in [5.74, 6) is 0.315. The van der Waals surface area contributed by atoms with Gasteiger partial charge in [0.25, 0.3) is 11.5 Å². The molecule has 0 spiro atoms. The SMILES string of the molecule is Cc1cc(C)c(CNC(=O)C(C)Oc2ccc(Cl)cc2C)c(=O)[nH]1. The minimum atomic E-state index is -0.685. The fraction of sp³-hybridized carbons (Fsp3) is 0.333. The third-order valence-corrected chi connectivity index (χ3v) is 3.98. The summed E-state index contributed by atoms with van der Waals surface area (Å²) in [6.45, 7) is 7.35. The van der Waals surface area contributed by atoms with E-state index in [2.05, 4.69) is 10.3 Å². The maximum Gasteiger partial charge on any atom is 0.261 e. The van der Waals surface area contributed by atoms with Crippen molar-refractivity contribution in [2.45, 2.75) is 40.3 Å². The minimum Gasteiger partial charge on any atom is -0.481 e. The average Bonchev–Trinajstić information content (AvgIpc) is 2.48. The van der Waals surface area contributed by atoms with Crippen molar-refractivity contribution >= 4 is 17.5 Å². The van der Waals surface area contributed by atoms with Gasteiger partial charge in [0.05, 0.1) is 0 Å². The number of hydrogen-bond donors (Lipinski definition) is 2. The summed E-state index contributed by atoms with van der Waals surface area (Å²) in [5.41, 5.74) is 2.85. The van der Waals surface area contributed by atoms with Gasteiger partial charge in [0.15, 0.2) is 6.10 Å². The Morgan fingerprint density at radius 1 is 1.25 bits per heavy atom. The highest BCUT2D eigenvalue weighted by molar-refractivity contribution is 6.30. The van der Waals surface area contributed by atoms with E-state index in [1.54, 1.807) is 25.1 Å². The quantitative estimate of drug-likeness (QED) is 0.872. The molecule has 24 heavy (non-hydrogen) atoms. The Kier molecular flexibility index (Phi) is 5.67. The van der Waals surface area contributed by atoms with Crippen LogP contribution >= 0.6 is 11.6 Å². The molecule has 1 heterocycles. The molecule has 1 amide bonds. The molecule has 1 aromatic carbocycles. The van der Waals surface area contributed by atoms with Crippen LogP contribution in [0, 0.1) is 20.8 Å². The topological polar surface area (TPSA) is 71.2 Å². The van der Waals surface area contributed by atoms with Crippen LogP contribution in [0.15, 0.2) is 29.1 Å². The van der Waals surface area contributed by atoms with Gasteiger partial charge in [-0.2, -0.15) is 0 Å². The Morgan fingerprint density at radius 3 is 2.58 bits per heavy atom. The highest BCUT2D eigenvalue weighted by atomic mass is 35.5. The number of H-pyrrole nitrogens is 1. The van der Waals surface area contributed by atoms with E-state index in [0.29, 0.717) is 16.3 Å². The number of nitrogens with one attached hydrogen (secondary N) is 2. The lowest BCUT2D eigenvalue weighted by atomic mass is 10.1. The zero-order chi connectivity index (χ0) is 17.9. The smallest absolute Gasteiger partial charge is 0.261 e. The predicted octanol–water partition coefficient (Wildman–Crippen LogP) is 3.04. The fourth-order valence-corrected chi connectivity index (χ4v) is 2.64. The van der Waals surface area contributed by atoms with Crippen LogP contribution in [0.2, 0.25) is 5.02 Å². The second-order valence-electron chi connectivity index (χ2n) is 5.83. The molecule has 2 N–H and O–H groups in total. The summed E-state index contributed by atoms with van der Waals surface area (Å²) in [6, 6.07) is 7.09. The number of hydrogen-bond acceptors (Lipinski definition) is 3. The molecule has 128 valence electrons. The van der Waals surface area contributed by atoms with Crippen LogP contribution in [0.1, 0.15) is 29.3 Å². The van der Waals surface area contributed by atoms with Crippen molar-refractivity contribution in [2.75, 3.05) is 0 Å². The highest BCUT2D eigenvalue weighted by Gasteiger charge is 2.16. The van der Waals surface area contributed by atoms with Gasteiger partial charge >= 0.3 is 0 Å². The van der Waals surface area contributed by atoms with Gasteiger partial charge < -0.3 is 15.0 Å². The first kappa shape index (κ1) is 18.1. The summed E-state index contributed by atoms with van der Waals surface area (Å²) >= 11 is 5.91. The number of aryl methyl sites for hydroxylation is 3. The van der Waals surface area contributed by atoms with E-state index in [4.69, 9.17) is 16.3 Å². The van der Waals surface area contributed by atoms with Gasteiger partial charge in [-0.1, -0.05) is 11.6 Å². The molecule has 6 heteroatoms. The van der Waals surface area contributed by atoms with Gasteiger partial charge in [0, 0.05) is 22.8 Å². The molecule has 0 aliphatic heterocycles. The standard InChI is InChI=1S/C18H21ClN2O3/c1-10-7-12(3)21-18(23)15(10)9-20-17(22)13(4)24-16-6-5-14(19)8-11(16)2/h5-8,13H,9H2,1-4H3,(H,20,22)(H,21,23). The number of carbonyl (C=O) groups is 1. The van der Waals surface area contributed by atoms with Crippen LogP contribution in [0.3, 0.4) is 0 Å². The molecule has 2 aromatic rings. The molecule has 0 saturated carbocycles. The average molecular weight is 349 g/mol. The molecule has 0 bridgehead atoms. The normalized spacial score (nSPS) is 11.9. The summed E-state index contributed by atoms with van der Waals surface area (Å²) in [6.07, 6.45) is -0.685. The molecule has 0 aliphatic carbocycles. The van der Waals surface area contributed by atoms with Crippen LogP contribution in [0.25, 0.3) is 0 Å². The van der Waals surface area contributed by atoms with E-state index in [1.807, 2.05) is 26.8 Å². The molecular weight excluding hydrogens is 328 g/mol. The van der Waals surface area contributed by atoms with Crippen molar-refractivity contribution in [2.24, 2.45) is 0 Å².